The Morgan fingerprint density at radius 1 is 0.673 bits per heavy atom. The zero-order valence-electron chi connectivity index (χ0n) is 32.8. The van der Waals surface area contributed by atoms with Crippen LogP contribution in [0.15, 0.2) is 188 Å². The molecule has 272 valence electrons. The first-order chi connectivity index (χ1) is 26.9. The summed E-state index contributed by atoms with van der Waals surface area (Å²) in [7, 11) is 0. The standard InChI is InChI=1S/C20H20.C17H15N.C17H16/c1-3-15(2)8-6-10-16-11-7-13-19-18-12-5-4-9-17(18)14-20(16)19;1-13-2-4-14(5-3-13)15-6-8-16(9-7-15)17-10-11-18-12-17;1-12-6-5-9-15(12)17-11-10-13(2)14-7-3-4-8-16(14)17/h3-9,11-13H,10,14H2,1-2H3;2-12,18H,1H3;3-12H,1-2H3/b8-6-,15-3-;;. The van der Waals surface area contributed by atoms with Gasteiger partial charge in [-0.3, -0.25) is 0 Å². The summed E-state index contributed by atoms with van der Waals surface area (Å²) in [5.41, 5.74) is 19.0. The van der Waals surface area contributed by atoms with Crippen molar-refractivity contribution in [2.75, 3.05) is 0 Å². The molecule has 1 unspecified atom stereocenters. The van der Waals surface area contributed by atoms with Crippen molar-refractivity contribution in [3.8, 4) is 33.4 Å². The Balaban J connectivity index is 0.000000127. The first-order valence-electron chi connectivity index (χ1n) is 19.6. The molecule has 0 aliphatic heterocycles. The molecule has 6 aromatic carbocycles. The molecule has 2 aliphatic rings. The largest absolute Gasteiger partial charge is 0.367 e. The molecule has 1 atom stereocenters. The predicted octanol–water partition coefficient (Wildman–Crippen LogP) is 14.7. The molecule has 0 saturated heterocycles. The van der Waals surface area contributed by atoms with Crippen LogP contribution < -0.4 is 0 Å². The quantitative estimate of drug-likeness (QED) is 0.165. The lowest BCUT2D eigenvalue weighted by Gasteiger charge is -2.13. The van der Waals surface area contributed by atoms with E-state index in [9.17, 15) is 0 Å². The van der Waals surface area contributed by atoms with Gasteiger partial charge in [-0.15, -0.1) is 0 Å². The van der Waals surface area contributed by atoms with E-state index in [0.717, 1.165) is 12.8 Å². The van der Waals surface area contributed by atoms with Crippen LogP contribution in [0.2, 0.25) is 0 Å². The maximum absolute atomic E-state index is 3.08. The molecule has 55 heavy (non-hydrogen) atoms. The van der Waals surface area contributed by atoms with Crippen molar-refractivity contribution in [3.63, 3.8) is 0 Å². The van der Waals surface area contributed by atoms with E-state index < -0.39 is 0 Å². The molecule has 0 saturated carbocycles. The number of hydrogen-bond acceptors (Lipinski definition) is 0. The Labute approximate surface area is 328 Å². The highest BCUT2D eigenvalue weighted by Gasteiger charge is 2.19. The third-order valence-corrected chi connectivity index (χ3v) is 10.9. The molecule has 0 spiro atoms. The van der Waals surface area contributed by atoms with Crippen LogP contribution in [0, 0.1) is 19.8 Å². The number of nitrogens with one attached hydrogen (secondary N) is 1. The molecular formula is C54H51N. The fourth-order valence-electron chi connectivity index (χ4n) is 7.61. The number of aromatic nitrogens is 1. The average molecular weight is 714 g/mol. The second kappa shape index (κ2) is 17.3. The highest BCUT2D eigenvalue weighted by atomic mass is 14.6. The van der Waals surface area contributed by atoms with Crippen molar-refractivity contribution in [3.05, 3.63) is 221 Å². The van der Waals surface area contributed by atoms with Crippen LogP contribution in [-0.4, -0.2) is 4.98 Å². The van der Waals surface area contributed by atoms with E-state index in [-0.39, 0.29) is 0 Å². The van der Waals surface area contributed by atoms with Crippen molar-refractivity contribution in [1.82, 2.24) is 4.98 Å². The SMILES string of the molecule is C/C=C(C)\C=C/Cc1cccc2c1Cc1ccccc1-2.Cc1ccc(-c2ccc(-c3cc[nH]c3)cc2)cc1.Cc1ccc(C2=CC=CC2C)c2ccccc12. The molecule has 1 aromatic heterocycles. The van der Waals surface area contributed by atoms with Gasteiger partial charge in [-0.1, -0.05) is 182 Å². The predicted molar refractivity (Wildman–Crippen MR) is 238 cm³/mol. The molecule has 0 amide bonds. The number of H-pyrrole nitrogens is 1. The number of allylic oxidation sites excluding steroid dienone is 8. The van der Waals surface area contributed by atoms with Gasteiger partial charge in [0.25, 0.3) is 0 Å². The van der Waals surface area contributed by atoms with Crippen molar-refractivity contribution in [2.24, 2.45) is 5.92 Å². The minimum atomic E-state index is 0.529. The van der Waals surface area contributed by atoms with Gasteiger partial charge in [0.05, 0.1) is 0 Å². The highest BCUT2D eigenvalue weighted by molar-refractivity contribution is 5.97. The van der Waals surface area contributed by atoms with Gasteiger partial charge in [0.2, 0.25) is 0 Å². The second-order valence-corrected chi connectivity index (χ2v) is 14.7. The molecule has 1 N–H and O–H groups in total. The van der Waals surface area contributed by atoms with E-state index >= 15 is 0 Å². The van der Waals surface area contributed by atoms with Gasteiger partial charge in [0.1, 0.15) is 0 Å². The van der Waals surface area contributed by atoms with Crippen molar-refractivity contribution < 1.29 is 0 Å². The number of fused-ring (bicyclic) bond motifs is 4. The smallest absolute Gasteiger partial charge is 0.00841 e. The summed E-state index contributed by atoms with van der Waals surface area (Å²) in [5.74, 6) is 0.529. The van der Waals surface area contributed by atoms with Crippen LogP contribution in [0.1, 0.15) is 54.2 Å². The van der Waals surface area contributed by atoms with Crippen molar-refractivity contribution in [1.29, 1.82) is 0 Å². The lowest BCUT2D eigenvalue weighted by Crippen LogP contribution is -1.94. The maximum Gasteiger partial charge on any atom is 0.00841 e. The summed E-state index contributed by atoms with van der Waals surface area (Å²) in [6, 6.07) is 48.0. The van der Waals surface area contributed by atoms with Gasteiger partial charge in [-0.2, -0.15) is 0 Å². The van der Waals surface area contributed by atoms with Gasteiger partial charge < -0.3 is 4.98 Å². The van der Waals surface area contributed by atoms with Gasteiger partial charge >= 0.3 is 0 Å². The molecule has 1 heteroatoms. The lowest BCUT2D eigenvalue weighted by atomic mass is 9.91. The second-order valence-electron chi connectivity index (χ2n) is 14.7. The van der Waals surface area contributed by atoms with Crippen molar-refractivity contribution in [2.45, 2.75) is 47.5 Å². The molecule has 1 nitrogen and oxygen atoms in total. The third kappa shape index (κ3) is 8.64. The summed E-state index contributed by atoms with van der Waals surface area (Å²) >= 11 is 0. The Morgan fingerprint density at radius 2 is 1.35 bits per heavy atom. The van der Waals surface area contributed by atoms with E-state index in [1.165, 1.54) is 88.7 Å². The summed E-state index contributed by atoms with van der Waals surface area (Å²) in [6.45, 7) is 10.8. The lowest BCUT2D eigenvalue weighted by molar-refractivity contribution is 0.983. The molecular weight excluding hydrogens is 663 g/mol. The number of aryl methyl sites for hydroxylation is 2. The number of benzene rings is 6. The fraction of sp³-hybridized carbons (Fsp3) is 0.148. The topological polar surface area (TPSA) is 15.8 Å². The minimum absolute atomic E-state index is 0.529. The summed E-state index contributed by atoms with van der Waals surface area (Å²) in [6.07, 6.45) is 19.3. The number of hydrogen-bond donors (Lipinski definition) is 1. The highest BCUT2D eigenvalue weighted by Crippen LogP contribution is 2.38. The third-order valence-electron chi connectivity index (χ3n) is 10.9. The summed E-state index contributed by atoms with van der Waals surface area (Å²) < 4.78 is 0. The number of rotatable bonds is 6. The van der Waals surface area contributed by atoms with Crippen molar-refractivity contribution >= 4 is 16.3 Å². The molecule has 9 rings (SSSR count). The van der Waals surface area contributed by atoms with Crippen LogP contribution in [0.5, 0.6) is 0 Å². The van der Waals surface area contributed by atoms with E-state index in [2.05, 4.69) is 210 Å². The Morgan fingerprint density at radius 3 is 2.04 bits per heavy atom. The number of aromatic amines is 1. The first-order valence-corrected chi connectivity index (χ1v) is 19.6. The first kappa shape index (κ1) is 37.1. The van der Waals surface area contributed by atoms with Gasteiger partial charge in [-0.05, 0) is 130 Å². The zero-order valence-corrected chi connectivity index (χ0v) is 32.8. The summed E-state index contributed by atoms with van der Waals surface area (Å²) in [4.78, 5) is 3.08. The molecule has 0 radical (unpaired) electrons. The molecule has 7 aromatic rings. The van der Waals surface area contributed by atoms with E-state index in [1.807, 2.05) is 12.4 Å². The zero-order chi connectivity index (χ0) is 38.1. The van der Waals surface area contributed by atoms with Crippen LogP contribution in [0.4, 0.5) is 0 Å². The van der Waals surface area contributed by atoms with Crippen LogP contribution >= 0.6 is 0 Å². The fourth-order valence-corrected chi connectivity index (χ4v) is 7.61. The molecule has 0 bridgehead atoms. The maximum atomic E-state index is 3.08. The summed E-state index contributed by atoms with van der Waals surface area (Å²) in [5, 5.41) is 2.74. The Hall–Kier alpha value is -6.18. The molecule has 1 heterocycles. The van der Waals surface area contributed by atoms with Gasteiger partial charge in [0.15, 0.2) is 0 Å². The van der Waals surface area contributed by atoms with Gasteiger partial charge in [0, 0.05) is 12.4 Å². The van der Waals surface area contributed by atoms with Gasteiger partial charge in [-0.25, -0.2) is 0 Å². The van der Waals surface area contributed by atoms with Crippen LogP contribution in [-0.2, 0) is 12.8 Å². The molecule has 0 fully saturated rings. The average Bonchev–Trinajstić information content (AvgIpc) is 4.00. The Kier molecular flexibility index (Phi) is 11.7. The van der Waals surface area contributed by atoms with E-state index in [1.54, 1.807) is 0 Å². The van der Waals surface area contributed by atoms with E-state index in [4.69, 9.17) is 0 Å². The minimum Gasteiger partial charge on any atom is -0.367 e. The molecule has 2 aliphatic carbocycles. The monoisotopic (exact) mass is 713 g/mol. The Bertz CT molecular complexity index is 2500. The van der Waals surface area contributed by atoms with Crippen LogP contribution in [0.3, 0.4) is 0 Å². The van der Waals surface area contributed by atoms with Crippen LogP contribution in [0.25, 0.3) is 49.7 Å². The normalized spacial score (nSPS) is 14.2. The van der Waals surface area contributed by atoms with E-state index in [0.29, 0.717) is 5.92 Å².